The number of amides is 1. The van der Waals surface area contributed by atoms with Gasteiger partial charge in [-0.25, -0.2) is 9.18 Å². The minimum absolute atomic E-state index is 0.174. The molecule has 156 valence electrons. The van der Waals surface area contributed by atoms with E-state index in [0.29, 0.717) is 18.4 Å². The summed E-state index contributed by atoms with van der Waals surface area (Å²) in [4.78, 5) is 28.9. The van der Waals surface area contributed by atoms with E-state index in [1.807, 2.05) is 36.5 Å². The Kier molecular flexibility index (Phi) is 5.70. The zero-order valence-electron chi connectivity index (χ0n) is 16.6. The van der Waals surface area contributed by atoms with Crippen LogP contribution in [0.3, 0.4) is 0 Å². The van der Waals surface area contributed by atoms with Crippen molar-refractivity contribution in [2.24, 2.45) is 0 Å². The lowest BCUT2D eigenvalue weighted by atomic mass is 10.0. The van der Waals surface area contributed by atoms with Crippen molar-refractivity contribution in [3.8, 4) is 0 Å². The van der Waals surface area contributed by atoms with Crippen LogP contribution in [-0.4, -0.2) is 40.6 Å². The van der Waals surface area contributed by atoms with Crippen LogP contribution in [0.2, 0.25) is 0 Å². The van der Waals surface area contributed by atoms with Crippen LogP contribution in [0.1, 0.15) is 24.5 Å². The van der Waals surface area contributed by atoms with E-state index >= 15 is 0 Å². The number of carbonyl (C=O) groups is 2. The molecule has 2 aromatic carbocycles. The maximum absolute atomic E-state index is 13.5. The normalized spacial score (nSPS) is 18.5. The van der Waals surface area contributed by atoms with Gasteiger partial charge < -0.3 is 19.4 Å². The molecule has 1 aliphatic rings. The second-order valence-electron chi connectivity index (χ2n) is 7.52. The highest BCUT2D eigenvalue weighted by Gasteiger charge is 2.38. The largest absolute Gasteiger partial charge is 0.461 e. The zero-order chi connectivity index (χ0) is 21.1. The van der Waals surface area contributed by atoms with Crippen molar-refractivity contribution in [2.45, 2.75) is 38.5 Å². The molecule has 1 aromatic heterocycles. The van der Waals surface area contributed by atoms with Gasteiger partial charge in [0.15, 0.2) is 0 Å². The van der Waals surface area contributed by atoms with Gasteiger partial charge in [0.25, 0.3) is 0 Å². The van der Waals surface area contributed by atoms with Gasteiger partial charge in [0.1, 0.15) is 18.5 Å². The van der Waals surface area contributed by atoms with Crippen molar-refractivity contribution in [2.75, 3.05) is 6.54 Å². The average Bonchev–Trinajstić information content (AvgIpc) is 3.30. The molecule has 30 heavy (non-hydrogen) atoms. The summed E-state index contributed by atoms with van der Waals surface area (Å²) in [5, 5.41) is 0.907. The van der Waals surface area contributed by atoms with Crippen LogP contribution in [-0.2, 0) is 27.3 Å². The molecule has 4 rings (SSSR count). The number of halogens is 1. The molecule has 1 N–H and O–H groups in total. The number of nitrogens with zero attached hydrogens (tertiary/aromatic N) is 1. The van der Waals surface area contributed by atoms with Crippen LogP contribution >= 0.6 is 0 Å². The van der Waals surface area contributed by atoms with Crippen LogP contribution in [0.4, 0.5) is 9.18 Å². The van der Waals surface area contributed by atoms with E-state index in [4.69, 9.17) is 9.47 Å². The number of nitrogens with one attached hydrogen (secondary N) is 1. The van der Waals surface area contributed by atoms with E-state index in [-0.39, 0.29) is 37.1 Å². The summed E-state index contributed by atoms with van der Waals surface area (Å²) in [7, 11) is 0. The second kappa shape index (κ2) is 8.57. The third kappa shape index (κ3) is 4.45. The fourth-order valence-electron chi connectivity index (χ4n) is 3.99. The summed E-state index contributed by atoms with van der Waals surface area (Å²) < 4.78 is 24.3. The Balaban J connectivity index is 1.50. The van der Waals surface area contributed by atoms with Crippen molar-refractivity contribution in [3.05, 3.63) is 71.7 Å². The maximum Gasteiger partial charge on any atom is 0.410 e. The number of hydrogen-bond donors (Lipinski definition) is 1. The maximum atomic E-state index is 13.5. The minimum atomic E-state index is -0.440. The molecule has 0 unspecified atom stereocenters. The van der Waals surface area contributed by atoms with Gasteiger partial charge in [-0.05, 0) is 35.7 Å². The smallest absolute Gasteiger partial charge is 0.410 e. The fourth-order valence-corrected chi connectivity index (χ4v) is 3.99. The Morgan fingerprint density at radius 2 is 2.00 bits per heavy atom. The number of carbonyl (C=O) groups excluding carboxylic acids is 2. The molecule has 0 radical (unpaired) electrons. The monoisotopic (exact) mass is 410 g/mol. The lowest BCUT2D eigenvalue weighted by Crippen LogP contribution is -2.37. The van der Waals surface area contributed by atoms with E-state index in [1.165, 1.54) is 19.1 Å². The quantitative estimate of drug-likeness (QED) is 0.640. The van der Waals surface area contributed by atoms with Gasteiger partial charge in [0.05, 0.1) is 6.54 Å². The summed E-state index contributed by atoms with van der Waals surface area (Å²) >= 11 is 0. The average molecular weight is 410 g/mol. The van der Waals surface area contributed by atoms with Crippen molar-refractivity contribution in [1.82, 2.24) is 9.88 Å². The number of ether oxygens (including phenoxy) is 2. The van der Waals surface area contributed by atoms with Crippen LogP contribution in [0, 0.1) is 5.82 Å². The number of H-pyrrole nitrogens is 1. The highest BCUT2D eigenvalue weighted by Crippen LogP contribution is 2.28. The molecule has 1 amide bonds. The first-order valence-electron chi connectivity index (χ1n) is 9.89. The van der Waals surface area contributed by atoms with Crippen LogP contribution < -0.4 is 0 Å². The topological polar surface area (TPSA) is 71.6 Å². The first-order valence-corrected chi connectivity index (χ1v) is 9.89. The number of likely N-dealkylation sites (tertiary alicyclic amines) is 1. The van der Waals surface area contributed by atoms with E-state index in [0.717, 1.165) is 16.5 Å². The molecule has 0 bridgehead atoms. The number of fused-ring (bicyclic) bond motifs is 1. The van der Waals surface area contributed by atoms with Gasteiger partial charge in [0.2, 0.25) is 0 Å². The Hall–Kier alpha value is -3.35. The van der Waals surface area contributed by atoms with Crippen molar-refractivity contribution >= 4 is 23.0 Å². The van der Waals surface area contributed by atoms with Crippen molar-refractivity contribution < 1.29 is 23.5 Å². The molecule has 1 aliphatic heterocycles. The molecule has 6 nitrogen and oxygen atoms in total. The predicted octanol–water partition coefficient (Wildman–Crippen LogP) is 4.19. The summed E-state index contributed by atoms with van der Waals surface area (Å²) in [6.45, 7) is 1.82. The molecule has 3 aromatic rings. The summed E-state index contributed by atoms with van der Waals surface area (Å²) in [6.07, 6.45) is 2.08. The highest BCUT2D eigenvalue weighted by atomic mass is 19.1. The number of hydrogen-bond acceptors (Lipinski definition) is 4. The van der Waals surface area contributed by atoms with Gasteiger partial charge in [-0.2, -0.15) is 0 Å². The van der Waals surface area contributed by atoms with Crippen molar-refractivity contribution in [3.63, 3.8) is 0 Å². The molecule has 2 atom stereocenters. The Morgan fingerprint density at radius 1 is 1.20 bits per heavy atom. The van der Waals surface area contributed by atoms with Gasteiger partial charge in [-0.1, -0.05) is 30.3 Å². The Morgan fingerprint density at radius 3 is 2.77 bits per heavy atom. The molecule has 0 aliphatic carbocycles. The fraction of sp³-hybridized carbons (Fsp3) is 0.304. The van der Waals surface area contributed by atoms with E-state index < -0.39 is 6.09 Å². The highest BCUT2D eigenvalue weighted by molar-refractivity contribution is 5.83. The van der Waals surface area contributed by atoms with Gasteiger partial charge in [-0.15, -0.1) is 0 Å². The molecular formula is C23H23FN2O4. The molecule has 7 heteroatoms. The SMILES string of the molecule is CC(=O)O[C@@H]1C[C@@H](Cc2c[nH]c3cc(F)ccc23)N(C(=O)OCc2ccccc2)C1. The van der Waals surface area contributed by atoms with Crippen LogP contribution in [0.25, 0.3) is 10.9 Å². The summed E-state index contributed by atoms with van der Waals surface area (Å²) in [5.41, 5.74) is 2.58. The summed E-state index contributed by atoms with van der Waals surface area (Å²) in [5.74, 6) is -0.682. The minimum Gasteiger partial charge on any atom is -0.461 e. The number of benzene rings is 2. The van der Waals surface area contributed by atoms with Crippen LogP contribution in [0.15, 0.2) is 54.7 Å². The summed E-state index contributed by atoms with van der Waals surface area (Å²) in [6, 6.07) is 13.9. The second-order valence-corrected chi connectivity index (χ2v) is 7.52. The lowest BCUT2D eigenvalue weighted by molar-refractivity contribution is -0.145. The number of aromatic nitrogens is 1. The molecule has 0 spiro atoms. The van der Waals surface area contributed by atoms with Gasteiger partial charge in [0, 0.05) is 36.5 Å². The predicted molar refractivity (Wildman–Crippen MR) is 109 cm³/mol. The van der Waals surface area contributed by atoms with Crippen molar-refractivity contribution in [1.29, 1.82) is 0 Å². The van der Waals surface area contributed by atoms with E-state index in [2.05, 4.69) is 4.98 Å². The van der Waals surface area contributed by atoms with Crippen LogP contribution in [0.5, 0.6) is 0 Å². The standard InChI is InChI=1S/C23H23FN2O4/c1-15(27)30-20-11-19(9-17-12-25-22-10-18(24)7-8-21(17)22)26(13-20)23(28)29-14-16-5-3-2-4-6-16/h2-8,10,12,19-20,25H,9,11,13-14H2,1H3/t19-,20-/m1/s1. The number of esters is 1. The third-order valence-electron chi connectivity index (χ3n) is 5.33. The molecular weight excluding hydrogens is 387 g/mol. The van der Waals surface area contributed by atoms with E-state index in [1.54, 1.807) is 11.0 Å². The molecule has 1 fully saturated rings. The zero-order valence-corrected chi connectivity index (χ0v) is 16.6. The first kappa shape index (κ1) is 19.9. The molecule has 2 heterocycles. The number of rotatable bonds is 5. The van der Waals surface area contributed by atoms with E-state index in [9.17, 15) is 14.0 Å². The molecule has 1 saturated heterocycles. The first-order chi connectivity index (χ1) is 14.5. The number of aromatic amines is 1. The van der Waals surface area contributed by atoms with Gasteiger partial charge in [-0.3, -0.25) is 4.79 Å². The van der Waals surface area contributed by atoms with Gasteiger partial charge >= 0.3 is 12.1 Å². The molecule has 0 saturated carbocycles. The Labute approximate surface area is 173 Å². The third-order valence-corrected chi connectivity index (χ3v) is 5.33. The Bertz CT molecular complexity index is 1050. The lowest BCUT2D eigenvalue weighted by Gasteiger charge is -2.23.